The highest BCUT2D eigenvalue weighted by Crippen LogP contribution is 2.24. The Morgan fingerprint density at radius 3 is 2.62 bits per heavy atom. The van der Waals surface area contributed by atoms with Crippen LogP contribution in [-0.2, 0) is 10.0 Å². The van der Waals surface area contributed by atoms with Crippen LogP contribution in [0.25, 0.3) is 0 Å². The van der Waals surface area contributed by atoms with E-state index in [0.717, 1.165) is 18.2 Å². The van der Waals surface area contributed by atoms with Crippen molar-refractivity contribution in [2.75, 3.05) is 26.7 Å². The van der Waals surface area contributed by atoms with E-state index in [-0.39, 0.29) is 18.2 Å². The second-order valence-corrected chi connectivity index (χ2v) is 7.04. The van der Waals surface area contributed by atoms with Gasteiger partial charge in [0.1, 0.15) is 10.7 Å². The van der Waals surface area contributed by atoms with Gasteiger partial charge in [0, 0.05) is 25.7 Å². The number of hydrogen-bond donors (Lipinski definition) is 1. The van der Waals surface area contributed by atoms with Gasteiger partial charge in [0.2, 0.25) is 10.0 Å². The predicted molar refractivity (Wildman–Crippen MR) is 74.2 cm³/mol. The van der Waals surface area contributed by atoms with Crippen LogP contribution in [0.3, 0.4) is 0 Å². The Hall–Kier alpha value is -1.51. The third-order valence-electron chi connectivity index (χ3n) is 3.53. The van der Waals surface area contributed by atoms with Crippen molar-refractivity contribution < 1.29 is 22.7 Å². The number of hydrogen-bond acceptors (Lipinski definition) is 4. The Morgan fingerprint density at radius 2 is 2.05 bits per heavy atom. The molecule has 1 N–H and O–H groups in total. The summed E-state index contributed by atoms with van der Waals surface area (Å²) in [6.07, 6.45) is 0. The highest BCUT2D eigenvalue weighted by atomic mass is 32.2. The molecule has 21 heavy (non-hydrogen) atoms. The molecular weight excluding hydrogens is 299 g/mol. The summed E-state index contributed by atoms with van der Waals surface area (Å²) in [6.45, 7) is 3.08. The van der Waals surface area contributed by atoms with Gasteiger partial charge in [-0.25, -0.2) is 17.6 Å². The molecule has 1 unspecified atom stereocenters. The zero-order chi connectivity index (χ0) is 15.8. The van der Waals surface area contributed by atoms with Crippen LogP contribution >= 0.6 is 0 Å². The molecule has 1 aromatic carbocycles. The fourth-order valence-corrected chi connectivity index (χ4v) is 4.15. The van der Waals surface area contributed by atoms with Gasteiger partial charge in [-0.3, -0.25) is 0 Å². The lowest BCUT2D eigenvalue weighted by atomic mass is 10.2. The van der Waals surface area contributed by atoms with Gasteiger partial charge >= 0.3 is 5.97 Å². The van der Waals surface area contributed by atoms with Gasteiger partial charge in [-0.1, -0.05) is 0 Å². The molecule has 2 rings (SSSR count). The second kappa shape index (κ2) is 5.70. The van der Waals surface area contributed by atoms with E-state index in [4.69, 9.17) is 5.11 Å². The maximum absolute atomic E-state index is 13.9. The third-order valence-corrected chi connectivity index (χ3v) is 5.56. The Kier molecular flexibility index (Phi) is 4.31. The van der Waals surface area contributed by atoms with Crippen LogP contribution < -0.4 is 0 Å². The number of aromatic carboxylic acids is 1. The van der Waals surface area contributed by atoms with Gasteiger partial charge < -0.3 is 10.0 Å². The van der Waals surface area contributed by atoms with Crippen LogP contribution in [0, 0.1) is 5.82 Å². The molecule has 0 aromatic heterocycles. The molecule has 0 saturated carbocycles. The van der Waals surface area contributed by atoms with Crippen molar-refractivity contribution in [3.8, 4) is 0 Å². The standard InChI is InChI=1S/C13H17FN2O4S/c1-9-8-15(2)5-6-16(9)21(19,20)12-7-10(13(17)18)3-4-11(12)14/h3-4,7,9H,5-6,8H2,1-2H3,(H,17,18). The van der Waals surface area contributed by atoms with Crippen molar-refractivity contribution in [2.24, 2.45) is 0 Å². The highest BCUT2D eigenvalue weighted by Gasteiger charge is 2.34. The minimum atomic E-state index is -4.05. The Balaban J connectivity index is 2.44. The van der Waals surface area contributed by atoms with Crippen molar-refractivity contribution in [3.05, 3.63) is 29.6 Å². The zero-order valence-electron chi connectivity index (χ0n) is 11.8. The first kappa shape index (κ1) is 15.9. The average molecular weight is 316 g/mol. The molecule has 1 aliphatic heterocycles. The molecule has 0 aliphatic carbocycles. The lowest BCUT2D eigenvalue weighted by Gasteiger charge is -2.37. The smallest absolute Gasteiger partial charge is 0.335 e. The summed E-state index contributed by atoms with van der Waals surface area (Å²) in [5, 5.41) is 8.93. The summed E-state index contributed by atoms with van der Waals surface area (Å²) in [7, 11) is -2.17. The van der Waals surface area contributed by atoms with E-state index in [2.05, 4.69) is 0 Å². The zero-order valence-corrected chi connectivity index (χ0v) is 12.6. The van der Waals surface area contributed by atoms with E-state index in [1.165, 1.54) is 4.31 Å². The molecule has 1 aliphatic rings. The van der Waals surface area contributed by atoms with Crippen LogP contribution in [0.5, 0.6) is 0 Å². The topological polar surface area (TPSA) is 77.9 Å². The molecule has 8 heteroatoms. The molecule has 116 valence electrons. The number of carbonyl (C=O) groups is 1. The largest absolute Gasteiger partial charge is 0.478 e. The lowest BCUT2D eigenvalue weighted by Crippen LogP contribution is -2.52. The third kappa shape index (κ3) is 3.07. The van der Waals surface area contributed by atoms with Crippen LogP contribution in [0.2, 0.25) is 0 Å². The molecular formula is C13H17FN2O4S. The summed E-state index contributed by atoms with van der Waals surface area (Å²) in [4.78, 5) is 12.3. The van der Waals surface area contributed by atoms with Crippen molar-refractivity contribution in [2.45, 2.75) is 17.9 Å². The van der Waals surface area contributed by atoms with E-state index >= 15 is 0 Å². The van der Waals surface area contributed by atoms with Gasteiger partial charge in [0.05, 0.1) is 5.56 Å². The van der Waals surface area contributed by atoms with E-state index in [0.29, 0.717) is 13.1 Å². The molecule has 1 heterocycles. The molecule has 0 spiro atoms. The first-order valence-electron chi connectivity index (χ1n) is 6.46. The summed E-state index contributed by atoms with van der Waals surface area (Å²) >= 11 is 0. The van der Waals surface area contributed by atoms with E-state index in [1.54, 1.807) is 6.92 Å². The normalized spacial score (nSPS) is 21.4. The Bertz CT molecular complexity index is 662. The number of likely N-dealkylation sites (N-methyl/N-ethyl adjacent to an activating group) is 1. The molecule has 0 bridgehead atoms. The Morgan fingerprint density at radius 1 is 1.38 bits per heavy atom. The monoisotopic (exact) mass is 316 g/mol. The number of benzene rings is 1. The van der Waals surface area contributed by atoms with Crippen LogP contribution in [0.1, 0.15) is 17.3 Å². The van der Waals surface area contributed by atoms with Crippen molar-refractivity contribution in [3.63, 3.8) is 0 Å². The molecule has 0 amide bonds. The number of nitrogens with zero attached hydrogens (tertiary/aromatic N) is 2. The minimum Gasteiger partial charge on any atom is -0.478 e. The van der Waals surface area contributed by atoms with Crippen molar-refractivity contribution in [1.29, 1.82) is 0 Å². The number of carboxylic acids is 1. The minimum absolute atomic E-state index is 0.247. The maximum atomic E-state index is 13.9. The fraction of sp³-hybridized carbons (Fsp3) is 0.462. The van der Waals surface area contributed by atoms with E-state index in [1.807, 2.05) is 11.9 Å². The van der Waals surface area contributed by atoms with Gasteiger partial charge in [-0.15, -0.1) is 0 Å². The van der Waals surface area contributed by atoms with Crippen molar-refractivity contribution in [1.82, 2.24) is 9.21 Å². The van der Waals surface area contributed by atoms with Crippen LogP contribution in [0.15, 0.2) is 23.1 Å². The molecule has 1 atom stereocenters. The number of halogens is 1. The summed E-state index contributed by atoms with van der Waals surface area (Å²) in [6, 6.07) is 2.49. The lowest BCUT2D eigenvalue weighted by molar-refractivity contribution is 0.0696. The van der Waals surface area contributed by atoms with Crippen LogP contribution in [-0.4, -0.2) is 61.4 Å². The number of piperazine rings is 1. The number of carboxylic acid groups (broad SMARTS) is 1. The molecule has 0 radical (unpaired) electrons. The van der Waals surface area contributed by atoms with Gasteiger partial charge in [0.25, 0.3) is 0 Å². The van der Waals surface area contributed by atoms with Crippen LogP contribution in [0.4, 0.5) is 4.39 Å². The van der Waals surface area contributed by atoms with E-state index < -0.39 is 26.7 Å². The Labute approximate surface area is 122 Å². The first-order chi connectivity index (χ1) is 9.73. The summed E-state index contributed by atoms with van der Waals surface area (Å²) in [5.41, 5.74) is -0.253. The highest BCUT2D eigenvalue weighted by molar-refractivity contribution is 7.89. The SMILES string of the molecule is CC1CN(C)CCN1S(=O)(=O)c1cc(C(=O)O)ccc1F. The summed E-state index contributed by atoms with van der Waals surface area (Å²) in [5.74, 6) is -2.23. The molecule has 1 fully saturated rings. The van der Waals surface area contributed by atoms with Gasteiger partial charge in [-0.05, 0) is 32.2 Å². The summed E-state index contributed by atoms with van der Waals surface area (Å²) < 4.78 is 40.2. The first-order valence-corrected chi connectivity index (χ1v) is 7.90. The average Bonchev–Trinajstić information content (AvgIpc) is 2.38. The number of rotatable bonds is 3. The van der Waals surface area contributed by atoms with E-state index in [9.17, 15) is 17.6 Å². The maximum Gasteiger partial charge on any atom is 0.335 e. The molecule has 1 saturated heterocycles. The van der Waals surface area contributed by atoms with Gasteiger partial charge in [0.15, 0.2) is 0 Å². The fourth-order valence-electron chi connectivity index (χ4n) is 2.44. The second-order valence-electron chi connectivity index (χ2n) is 5.18. The predicted octanol–water partition coefficient (Wildman–Crippen LogP) is 0.849. The quantitative estimate of drug-likeness (QED) is 0.894. The number of sulfonamides is 1. The van der Waals surface area contributed by atoms with Gasteiger partial charge in [-0.2, -0.15) is 4.31 Å². The van der Waals surface area contributed by atoms with Crippen molar-refractivity contribution >= 4 is 16.0 Å². The molecule has 6 nitrogen and oxygen atoms in total. The molecule has 1 aromatic rings.